The predicted octanol–water partition coefficient (Wildman–Crippen LogP) is 4.25. The summed E-state index contributed by atoms with van der Waals surface area (Å²) in [6.45, 7) is 5.20. The number of carboxylic acids is 1. The highest BCUT2D eigenvalue weighted by atomic mass is 19.1. The first-order valence-electron chi connectivity index (χ1n) is 10.9. The molecule has 0 aliphatic heterocycles. The molecule has 0 radical (unpaired) electrons. The zero-order valence-electron chi connectivity index (χ0n) is 19.5. The Hall–Kier alpha value is -4.40. The Labute approximate surface area is 200 Å². The van der Waals surface area contributed by atoms with E-state index in [-0.39, 0.29) is 29.4 Å². The number of fused-ring (bicyclic) bond motifs is 1. The van der Waals surface area contributed by atoms with E-state index in [4.69, 9.17) is 9.84 Å². The van der Waals surface area contributed by atoms with Gasteiger partial charge in [0.25, 0.3) is 0 Å². The number of carboxylic acid groups (broad SMARTS) is 1. The van der Waals surface area contributed by atoms with Gasteiger partial charge < -0.3 is 24.5 Å². The highest BCUT2D eigenvalue weighted by Gasteiger charge is 2.22. The minimum Gasteiger partial charge on any atom is -0.508 e. The second-order valence-corrected chi connectivity index (χ2v) is 7.45. The van der Waals surface area contributed by atoms with Gasteiger partial charge in [0.15, 0.2) is 24.0 Å². The minimum absolute atomic E-state index is 0.0345. The number of phenolic OH excluding ortho intramolecular Hbond substituents is 1. The van der Waals surface area contributed by atoms with Gasteiger partial charge >= 0.3 is 5.97 Å². The van der Waals surface area contributed by atoms with Gasteiger partial charge in [-0.2, -0.15) is 0 Å². The van der Waals surface area contributed by atoms with Crippen LogP contribution in [0, 0.1) is 12.7 Å². The van der Waals surface area contributed by atoms with Crippen LogP contribution in [0.1, 0.15) is 41.0 Å². The number of carbonyl (C=O) groups is 2. The molecule has 4 aromatic rings. The number of aliphatic carboxylic acids is 1. The number of aromatic hydroxyl groups is 1. The Morgan fingerprint density at radius 1 is 1.06 bits per heavy atom. The second kappa shape index (κ2) is 10.7. The fourth-order valence-corrected chi connectivity index (χ4v) is 3.70. The van der Waals surface area contributed by atoms with Gasteiger partial charge in [0, 0.05) is 29.3 Å². The molecule has 0 spiro atoms. The number of nitrogens with zero attached hydrogens (tertiary/aromatic N) is 1. The summed E-state index contributed by atoms with van der Waals surface area (Å²) in [7, 11) is 0. The zero-order chi connectivity index (χ0) is 25.7. The molecule has 2 aromatic carbocycles. The van der Waals surface area contributed by atoms with Crippen LogP contribution < -0.4 is 10.3 Å². The lowest BCUT2D eigenvalue weighted by atomic mass is 10.0. The number of aromatic amines is 1. The average Bonchev–Trinajstić information content (AvgIpc) is 3.11. The molecule has 0 aliphatic carbocycles. The lowest BCUT2D eigenvalue weighted by molar-refractivity contribution is -0.139. The van der Waals surface area contributed by atoms with Crippen LogP contribution in [0.4, 0.5) is 4.39 Å². The Morgan fingerprint density at radius 2 is 1.74 bits per heavy atom. The second-order valence-electron chi connectivity index (χ2n) is 7.45. The van der Waals surface area contributed by atoms with Crippen molar-refractivity contribution in [1.29, 1.82) is 0 Å². The highest BCUT2D eigenvalue weighted by Crippen LogP contribution is 2.28. The summed E-state index contributed by atoms with van der Waals surface area (Å²) < 4.78 is 20.8. The van der Waals surface area contributed by atoms with Crippen molar-refractivity contribution in [3.8, 4) is 11.5 Å². The summed E-state index contributed by atoms with van der Waals surface area (Å²) >= 11 is 0. The molecule has 9 heteroatoms. The van der Waals surface area contributed by atoms with Gasteiger partial charge in [-0.3, -0.25) is 9.59 Å². The van der Waals surface area contributed by atoms with Crippen molar-refractivity contribution in [3.63, 3.8) is 0 Å². The lowest BCUT2D eigenvalue weighted by Gasteiger charge is -2.11. The van der Waals surface area contributed by atoms with Crippen LogP contribution in [0.3, 0.4) is 0 Å². The van der Waals surface area contributed by atoms with Crippen molar-refractivity contribution in [2.45, 2.75) is 27.3 Å². The molecule has 0 atom stereocenters. The van der Waals surface area contributed by atoms with E-state index < -0.39 is 18.4 Å². The van der Waals surface area contributed by atoms with Crippen LogP contribution in [0.2, 0.25) is 0 Å². The molecule has 0 saturated carbocycles. The number of aromatic nitrogens is 2. The Kier molecular flexibility index (Phi) is 7.70. The first-order valence-corrected chi connectivity index (χ1v) is 10.9. The first kappa shape index (κ1) is 25.2. The van der Waals surface area contributed by atoms with Gasteiger partial charge in [0.2, 0.25) is 5.56 Å². The van der Waals surface area contributed by atoms with E-state index in [0.717, 1.165) is 0 Å². The summed E-state index contributed by atoms with van der Waals surface area (Å²) in [4.78, 5) is 38.8. The fourth-order valence-electron chi connectivity index (χ4n) is 3.70. The molecule has 3 N–H and O–H groups in total. The van der Waals surface area contributed by atoms with Crippen LogP contribution in [0.15, 0.2) is 59.4 Å². The van der Waals surface area contributed by atoms with Crippen LogP contribution in [-0.2, 0) is 11.3 Å². The van der Waals surface area contributed by atoms with E-state index >= 15 is 0 Å². The number of benzene rings is 2. The minimum atomic E-state index is -1.23. The van der Waals surface area contributed by atoms with Crippen LogP contribution >= 0.6 is 0 Å². The Balaban J connectivity index is 0.00000167. The molecule has 0 unspecified atom stereocenters. The number of pyridine rings is 1. The first-order chi connectivity index (χ1) is 16.7. The van der Waals surface area contributed by atoms with Gasteiger partial charge in [-0.05, 0) is 55.0 Å². The van der Waals surface area contributed by atoms with E-state index in [1.807, 2.05) is 13.8 Å². The van der Waals surface area contributed by atoms with Crippen LogP contribution in [0.5, 0.6) is 11.5 Å². The number of phenols is 1. The van der Waals surface area contributed by atoms with Crippen molar-refractivity contribution in [2.75, 3.05) is 6.61 Å². The predicted molar refractivity (Wildman–Crippen MR) is 129 cm³/mol. The molecule has 182 valence electrons. The number of ether oxygens (including phenoxy) is 1. The third kappa shape index (κ3) is 5.40. The zero-order valence-corrected chi connectivity index (χ0v) is 19.5. The van der Waals surface area contributed by atoms with Gasteiger partial charge in [-0.15, -0.1) is 0 Å². The number of hydrogen-bond donors (Lipinski definition) is 3. The summed E-state index contributed by atoms with van der Waals surface area (Å²) in [6.07, 6.45) is 0. The maximum Gasteiger partial charge on any atom is 0.341 e. The number of ketones is 1. The van der Waals surface area contributed by atoms with Crippen molar-refractivity contribution in [2.24, 2.45) is 0 Å². The van der Waals surface area contributed by atoms with E-state index in [9.17, 15) is 23.9 Å². The van der Waals surface area contributed by atoms with Crippen molar-refractivity contribution in [3.05, 3.63) is 93.2 Å². The standard InChI is InChI=1S/C24H19FN2O6.C2H6/c1-13-22(23(32)15-3-5-16(28)6-4-15)17-7-9-20(29)26-24(17)27(13)11-14-2-8-18(25)19(10-14)33-12-21(30)31;1-2/h2-10,28H,11-12H2,1H3,(H,26,29)(H,30,31);1-2H3. The summed E-state index contributed by atoms with van der Waals surface area (Å²) in [5, 5.41) is 18.8. The van der Waals surface area contributed by atoms with Gasteiger partial charge in [-0.1, -0.05) is 19.9 Å². The molecule has 35 heavy (non-hydrogen) atoms. The number of rotatable bonds is 7. The van der Waals surface area contributed by atoms with E-state index in [2.05, 4.69) is 4.98 Å². The third-order valence-corrected chi connectivity index (χ3v) is 5.25. The topological polar surface area (TPSA) is 122 Å². The fraction of sp³-hybridized carbons (Fsp3) is 0.192. The summed E-state index contributed by atoms with van der Waals surface area (Å²) in [5.74, 6) is -2.40. The molecule has 8 nitrogen and oxygen atoms in total. The number of hydrogen-bond acceptors (Lipinski definition) is 5. The molecular formula is C26H25FN2O6. The van der Waals surface area contributed by atoms with Gasteiger partial charge in [-0.25, -0.2) is 9.18 Å². The largest absolute Gasteiger partial charge is 0.508 e. The quantitative estimate of drug-likeness (QED) is 0.340. The average molecular weight is 480 g/mol. The summed E-state index contributed by atoms with van der Waals surface area (Å²) in [5.41, 5.74) is 1.96. The number of H-pyrrole nitrogens is 1. The van der Waals surface area contributed by atoms with Gasteiger partial charge in [0.05, 0.1) is 5.56 Å². The number of nitrogens with one attached hydrogen (secondary N) is 1. The molecule has 2 aromatic heterocycles. The molecule has 0 fully saturated rings. The smallest absolute Gasteiger partial charge is 0.341 e. The molecule has 0 amide bonds. The van der Waals surface area contributed by atoms with Crippen molar-refractivity contribution >= 4 is 22.8 Å². The van der Waals surface area contributed by atoms with Crippen LogP contribution in [0.25, 0.3) is 11.0 Å². The molecule has 0 bridgehead atoms. The Morgan fingerprint density at radius 3 is 2.40 bits per heavy atom. The lowest BCUT2D eigenvalue weighted by Crippen LogP contribution is -2.11. The molecule has 0 saturated heterocycles. The molecule has 0 aliphatic rings. The molecular weight excluding hydrogens is 455 g/mol. The highest BCUT2D eigenvalue weighted by molar-refractivity contribution is 6.17. The maximum atomic E-state index is 14.0. The van der Waals surface area contributed by atoms with E-state index in [0.29, 0.717) is 33.4 Å². The Bertz CT molecular complexity index is 1440. The van der Waals surface area contributed by atoms with Gasteiger partial charge in [0.1, 0.15) is 11.4 Å². The monoisotopic (exact) mass is 480 g/mol. The molecule has 4 rings (SSSR count). The van der Waals surface area contributed by atoms with E-state index in [1.54, 1.807) is 17.6 Å². The normalized spacial score (nSPS) is 10.5. The van der Waals surface area contributed by atoms with Crippen molar-refractivity contribution in [1.82, 2.24) is 9.55 Å². The summed E-state index contributed by atoms with van der Waals surface area (Å²) in [6, 6.07) is 12.8. The molecule has 2 heterocycles. The van der Waals surface area contributed by atoms with Crippen LogP contribution in [-0.4, -0.2) is 38.1 Å². The number of halogens is 1. The third-order valence-electron chi connectivity index (χ3n) is 5.25. The number of carbonyl (C=O) groups excluding carboxylic acids is 1. The van der Waals surface area contributed by atoms with E-state index in [1.165, 1.54) is 48.5 Å². The SMILES string of the molecule is CC.Cc1c(C(=O)c2ccc(O)cc2)c2ccc(=O)[nH]c2n1Cc1ccc(F)c(OCC(=O)O)c1. The maximum absolute atomic E-state index is 14.0. The van der Waals surface area contributed by atoms with Crippen molar-refractivity contribution < 1.29 is 28.9 Å².